The molecule has 12 heteroatoms. The van der Waals surface area contributed by atoms with E-state index >= 15 is 0 Å². The van der Waals surface area contributed by atoms with E-state index in [2.05, 4.69) is 45.7 Å². The molecule has 0 saturated carbocycles. The fraction of sp³-hybridized carbons (Fsp3) is 0.607. The summed E-state index contributed by atoms with van der Waals surface area (Å²) >= 11 is 0. The fourth-order valence-corrected chi connectivity index (χ4v) is 5.38. The number of rotatable bonds is 10. The average Bonchev–Trinajstić information content (AvgIpc) is 3.53. The van der Waals surface area contributed by atoms with E-state index in [4.69, 9.17) is 9.47 Å². The minimum Gasteiger partial charge on any atom is -0.444 e. The normalized spacial score (nSPS) is 15.8. The van der Waals surface area contributed by atoms with Crippen molar-refractivity contribution in [1.29, 1.82) is 5.26 Å². The molecule has 0 aromatic carbocycles. The van der Waals surface area contributed by atoms with Crippen molar-refractivity contribution in [2.24, 2.45) is 0 Å². The van der Waals surface area contributed by atoms with Gasteiger partial charge in [0, 0.05) is 70.7 Å². The Labute approximate surface area is 237 Å². The maximum atomic E-state index is 12.4. The average molecular weight is 567 g/mol. The number of hydrogen-bond donors (Lipinski definition) is 0. The third kappa shape index (κ3) is 7.90. The van der Waals surface area contributed by atoms with Crippen LogP contribution in [0.5, 0.6) is 0 Å². The van der Waals surface area contributed by atoms with Crippen molar-refractivity contribution in [2.75, 3.05) is 39.3 Å². The zero-order valence-electron chi connectivity index (χ0n) is 24.6. The molecule has 40 heavy (non-hydrogen) atoms. The Kier molecular flexibility index (Phi) is 9.28. The van der Waals surface area contributed by atoms with E-state index in [-0.39, 0.29) is 12.1 Å². The van der Waals surface area contributed by atoms with Crippen molar-refractivity contribution in [1.82, 2.24) is 34.1 Å². The van der Waals surface area contributed by atoms with E-state index in [1.165, 1.54) is 0 Å². The summed E-state index contributed by atoms with van der Waals surface area (Å²) in [4.78, 5) is 25.5. The summed E-state index contributed by atoms with van der Waals surface area (Å²) in [5.74, 6) is 0. The van der Waals surface area contributed by atoms with E-state index < -0.39 is 13.7 Å². The standard InChI is InChI=1S/C28H42N8O3Si/c1-28(2,3)39-27(37)34-13-11-33(12-14-34)19-23(7-9-29)36-18-22(17-32-36)25-24-8-10-35(26(24)31-20-30-25)21-38-15-16-40(4,5)6/h8,10,17-18,20,23H,7,11-16,19,21H2,1-6H3/t23-/m0/s1. The van der Waals surface area contributed by atoms with Gasteiger partial charge in [0.05, 0.1) is 30.4 Å². The third-order valence-corrected chi connectivity index (χ3v) is 8.56. The van der Waals surface area contributed by atoms with Gasteiger partial charge in [0.1, 0.15) is 24.3 Å². The number of carbonyl (C=O) groups is 1. The summed E-state index contributed by atoms with van der Waals surface area (Å²) in [7, 11) is -1.14. The second kappa shape index (κ2) is 12.5. The first-order chi connectivity index (χ1) is 18.9. The van der Waals surface area contributed by atoms with E-state index in [1.807, 2.05) is 48.5 Å². The Morgan fingerprint density at radius 1 is 1.18 bits per heavy atom. The molecule has 4 heterocycles. The van der Waals surface area contributed by atoms with E-state index in [1.54, 1.807) is 17.4 Å². The molecule has 11 nitrogen and oxygen atoms in total. The first kappa shape index (κ1) is 29.7. The van der Waals surface area contributed by atoms with Gasteiger partial charge in [-0.05, 0) is 32.9 Å². The lowest BCUT2D eigenvalue weighted by Gasteiger charge is -2.36. The van der Waals surface area contributed by atoms with Crippen molar-refractivity contribution in [3.05, 3.63) is 31.0 Å². The van der Waals surface area contributed by atoms with Crippen molar-refractivity contribution in [3.63, 3.8) is 0 Å². The topological polar surface area (TPSA) is 114 Å². The van der Waals surface area contributed by atoms with Crippen LogP contribution in [0.4, 0.5) is 4.79 Å². The molecule has 0 bridgehead atoms. The number of carbonyl (C=O) groups excluding carboxylic acids is 1. The van der Waals surface area contributed by atoms with Crippen LogP contribution in [0.25, 0.3) is 22.3 Å². The maximum Gasteiger partial charge on any atom is 0.410 e. The molecular weight excluding hydrogens is 524 g/mol. The minimum atomic E-state index is -1.14. The molecule has 1 atom stereocenters. The molecule has 0 spiro atoms. The number of piperazine rings is 1. The van der Waals surface area contributed by atoms with Crippen LogP contribution >= 0.6 is 0 Å². The van der Waals surface area contributed by atoms with Crippen LogP contribution in [0.3, 0.4) is 0 Å². The van der Waals surface area contributed by atoms with Gasteiger partial charge in [0.25, 0.3) is 0 Å². The van der Waals surface area contributed by atoms with E-state index in [0.717, 1.165) is 48.0 Å². The maximum absolute atomic E-state index is 12.4. The summed E-state index contributed by atoms with van der Waals surface area (Å²) in [6.07, 6.45) is 7.37. The first-order valence-corrected chi connectivity index (χ1v) is 17.6. The van der Waals surface area contributed by atoms with Crippen LogP contribution in [0, 0.1) is 11.3 Å². The molecule has 0 unspecified atom stereocenters. The van der Waals surface area contributed by atoms with Crippen molar-refractivity contribution in [2.45, 2.75) is 71.3 Å². The number of nitrogens with zero attached hydrogens (tertiary/aromatic N) is 8. The highest BCUT2D eigenvalue weighted by atomic mass is 28.3. The van der Waals surface area contributed by atoms with Gasteiger partial charge in [0.15, 0.2) is 0 Å². The predicted molar refractivity (Wildman–Crippen MR) is 156 cm³/mol. The highest BCUT2D eigenvalue weighted by Crippen LogP contribution is 2.27. The van der Waals surface area contributed by atoms with Gasteiger partial charge in [-0.25, -0.2) is 14.8 Å². The lowest BCUT2D eigenvalue weighted by atomic mass is 10.1. The quantitative estimate of drug-likeness (QED) is 0.258. The molecular formula is C28H42N8O3Si. The molecule has 0 aliphatic carbocycles. The van der Waals surface area contributed by atoms with Gasteiger partial charge in [-0.15, -0.1) is 0 Å². The Hall–Kier alpha value is -3.27. The smallest absolute Gasteiger partial charge is 0.410 e. The van der Waals surface area contributed by atoms with Gasteiger partial charge in [-0.1, -0.05) is 19.6 Å². The van der Waals surface area contributed by atoms with Gasteiger partial charge in [-0.2, -0.15) is 10.4 Å². The predicted octanol–water partition coefficient (Wildman–Crippen LogP) is 4.61. The van der Waals surface area contributed by atoms with Crippen molar-refractivity contribution >= 4 is 25.2 Å². The molecule has 1 amide bonds. The molecule has 0 radical (unpaired) electrons. The van der Waals surface area contributed by atoms with Crippen LogP contribution < -0.4 is 0 Å². The SMILES string of the molecule is CC(C)(C)OC(=O)N1CCN(C[C@H](CC#N)n2cc(-c3ncnc4c3ccn4COCC[Si](C)(C)C)cn2)CC1. The van der Waals surface area contributed by atoms with Crippen LogP contribution in [0.1, 0.15) is 33.2 Å². The van der Waals surface area contributed by atoms with Crippen LogP contribution in [0.15, 0.2) is 31.0 Å². The van der Waals surface area contributed by atoms with Crippen LogP contribution in [-0.2, 0) is 16.2 Å². The molecule has 4 rings (SSSR count). The number of fused-ring (bicyclic) bond motifs is 1. The molecule has 216 valence electrons. The van der Waals surface area contributed by atoms with Gasteiger partial charge < -0.3 is 18.9 Å². The van der Waals surface area contributed by atoms with Crippen LogP contribution in [0.2, 0.25) is 25.7 Å². The van der Waals surface area contributed by atoms with Gasteiger partial charge in [0.2, 0.25) is 0 Å². The minimum absolute atomic E-state index is 0.117. The largest absolute Gasteiger partial charge is 0.444 e. The number of ether oxygens (including phenoxy) is 2. The van der Waals surface area contributed by atoms with Crippen molar-refractivity contribution < 1.29 is 14.3 Å². The number of hydrogen-bond acceptors (Lipinski definition) is 8. The third-order valence-electron chi connectivity index (χ3n) is 6.85. The van der Waals surface area contributed by atoms with Gasteiger partial charge in [-0.3, -0.25) is 9.58 Å². The van der Waals surface area contributed by atoms with Gasteiger partial charge >= 0.3 is 6.09 Å². The summed E-state index contributed by atoms with van der Waals surface area (Å²) in [6.45, 7) is 17.1. The monoisotopic (exact) mass is 566 g/mol. The van der Waals surface area contributed by atoms with E-state index in [9.17, 15) is 10.1 Å². The Bertz CT molecular complexity index is 1330. The first-order valence-electron chi connectivity index (χ1n) is 13.9. The van der Waals surface area contributed by atoms with E-state index in [0.29, 0.717) is 32.8 Å². The molecule has 3 aromatic rings. The lowest BCUT2D eigenvalue weighted by Crippen LogP contribution is -2.51. The molecule has 1 aliphatic heterocycles. The molecule has 1 aliphatic rings. The summed E-state index contributed by atoms with van der Waals surface area (Å²) in [5.41, 5.74) is 1.99. The molecule has 1 saturated heterocycles. The zero-order valence-corrected chi connectivity index (χ0v) is 25.6. The highest BCUT2D eigenvalue weighted by Gasteiger charge is 2.27. The fourth-order valence-electron chi connectivity index (χ4n) is 4.62. The highest BCUT2D eigenvalue weighted by molar-refractivity contribution is 6.76. The number of amides is 1. The molecule has 3 aromatic heterocycles. The second-order valence-electron chi connectivity index (χ2n) is 12.6. The summed E-state index contributed by atoms with van der Waals surface area (Å²) in [6, 6.07) is 5.33. The summed E-state index contributed by atoms with van der Waals surface area (Å²) in [5, 5.41) is 15.1. The Morgan fingerprint density at radius 3 is 2.60 bits per heavy atom. The number of aromatic nitrogens is 5. The Balaban J connectivity index is 1.41. The van der Waals surface area contributed by atoms with Crippen LogP contribution in [-0.4, -0.2) is 93.2 Å². The van der Waals surface area contributed by atoms with Crippen molar-refractivity contribution in [3.8, 4) is 17.3 Å². The second-order valence-corrected chi connectivity index (χ2v) is 18.2. The molecule has 0 N–H and O–H groups in total. The number of nitriles is 1. The zero-order chi connectivity index (χ0) is 28.9. The summed E-state index contributed by atoms with van der Waals surface area (Å²) < 4.78 is 15.3. The Morgan fingerprint density at radius 2 is 1.93 bits per heavy atom. The molecule has 1 fully saturated rings. The lowest BCUT2D eigenvalue weighted by molar-refractivity contribution is 0.0134.